The lowest BCUT2D eigenvalue weighted by Gasteiger charge is -2.28. The van der Waals surface area contributed by atoms with E-state index in [1.807, 2.05) is 48.5 Å². The lowest BCUT2D eigenvalue weighted by molar-refractivity contribution is -0.149. The minimum Gasteiger partial charge on any atom is -0.338 e. The molecule has 2 unspecified atom stereocenters. The highest BCUT2D eigenvalue weighted by atomic mass is 16.7. The summed E-state index contributed by atoms with van der Waals surface area (Å²) in [4.78, 5) is 62.1. The highest BCUT2D eigenvalue weighted by Gasteiger charge is 2.38. The number of carbonyl (C=O) groups is 4. The van der Waals surface area contributed by atoms with Gasteiger partial charge in [-0.1, -0.05) is 33.8 Å². The maximum atomic E-state index is 12.4. The maximum absolute atomic E-state index is 12.4. The van der Waals surface area contributed by atoms with Gasteiger partial charge in [0.05, 0.1) is 0 Å². The summed E-state index contributed by atoms with van der Waals surface area (Å²) in [6.45, 7) is 14.9. The van der Waals surface area contributed by atoms with Crippen LogP contribution in [0, 0.1) is 11.8 Å². The Kier molecular flexibility index (Phi) is 12.1. The summed E-state index contributed by atoms with van der Waals surface area (Å²) in [6, 6.07) is 0.0797. The van der Waals surface area contributed by atoms with Crippen LogP contribution >= 0.6 is 0 Å². The molecule has 0 aliphatic carbocycles. The molecule has 0 aromatic rings. The van der Waals surface area contributed by atoms with Crippen LogP contribution in [-0.4, -0.2) is 71.3 Å². The fourth-order valence-corrected chi connectivity index (χ4v) is 3.43. The molecular formula is C23H40N4O6. The van der Waals surface area contributed by atoms with Crippen molar-refractivity contribution in [1.29, 1.82) is 0 Å². The molecule has 10 nitrogen and oxygen atoms in total. The van der Waals surface area contributed by atoms with Crippen LogP contribution in [0.4, 0.5) is 0 Å². The zero-order valence-electron chi connectivity index (χ0n) is 20.9. The van der Waals surface area contributed by atoms with E-state index in [-0.39, 0.29) is 36.9 Å². The largest absolute Gasteiger partial charge is 0.338 e. The van der Waals surface area contributed by atoms with Gasteiger partial charge in [-0.3, -0.25) is 28.9 Å². The first-order valence-electron chi connectivity index (χ1n) is 11.5. The standard InChI is InChI=1S/C23H40N4O6/c1-15(2)12-26(17(5)6)22(30)14-32-24-20(28)9-8-10-21(29)25-33-19-11-18(7)27(23(19)31)13-16(3)4/h8-9,15-19H,10-14H2,1-7H3,(H,24,28)(H,25,29)/b9-8+. The molecule has 0 saturated carbocycles. The normalized spacial score (nSPS) is 18.6. The molecule has 188 valence electrons. The van der Waals surface area contributed by atoms with Crippen molar-refractivity contribution < 1.29 is 28.9 Å². The Bertz CT molecular complexity index is 707. The minimum atomic E-state index is -0.706. The Morgan fingerprint density at radius 2 is 1.79 bits per heavy atom. The Morgan fingerprint density at radius 1 is 1.12 bits per heavy atom. The van der Waals surface area contributed by atoms with Gasteiger partial charge < -0.3 is 9.80 Å². The fraction of sp³-hybridized carbons (Fsp3) is 0.739. The molecule has 4 amide bonds. The highest BCUT2D eigenvalue weighted by Crippen LogP contribution is 2.22. The summed E-state index contributed by atoms with van der Waals surface area (Å²) in [7, 11) is 0. The van der Waals surface area contributed by atoms with Gasteiger partial charge in [0.25, 0.3) is 17.7 Å². The molecule has 2 N–H and O–H groups in total. The second kappa shape index (κ2) is 13.9. The third-order valence-corrected chi connectivity index (χ3v) is 4.97. The first-order chi connectivity index (χ1) is 15.4. The molecule has 1 aliphatic heterocycles. The van der Waals surface area contributed by atoms with Crippen molar-refractivity contribution in [1.82, 2.24) is 20.8 Å². The van der Waals surface area contributed by atoms with E-state index in [4.69, 9.17) is 9.68 Å². The van der Waals surface area contributed by atoms with Crippen molar-refractivity contribution in [2.45, 2.75) is 79.5 Å². The van der Waals surface area contributed by atoms with Crippen LogP contribution in [0.5, 0.6) is 0 Å². The minimum absolute atomic E-state index is 0.0286. The van der Waals surface area contributed by atoms with Crippen LogP contribution < -0.4 is 11.0 Å². The molecule has 0 radical (unpaired) electrons. The van der Waals surface area contributed by atoms with Gasteiger partial charge in [-0.05, 0) is 32.6 Å². The summed E-state index contributed by atoms with van der Waals surface area (Å²) in [6.07, 6.45) is 2.15. The smallest absolute Gasteiger partial charge is 0.267 e. The topological polar surface area (TPSA) is 117 Å². The van der Waals surface area contributed by atoms with E-state index >= 15 is 0 Å². The van der Waals surface area contributed by atoms with Crippen molar-refractivity contribution in [2.24, 2.45) is 11.8 Å². The van der Waals surface area contributed by atoms with E-state index < -0.39 is 17.9 Å². The predicted molar refractivity (Wildman–Crippen MR) is 123 cm³/mol. The molecule has 33 heavy (non-hydrogen) atoms. The number of amides is 4. The number of rotatable bonds is 13. The van der Waals surface area contributed by atoms with E-state index in [9.17, 15) is 19.2 Å². The summed E-state index contributed by atoms with van der Waals surface area (Å²) in [5.41, 5.74) is 4.42. The lowest BCUT2D eigenvalue weighted by Crippen LogP contribution is -2.42. The first-order valence-corrected chi connectivity index (χ1v) is 11.5. The quantitative estimate of drug-likeness (QED) is 0.313. The average molecular weight is 469 g/mol. The molecule has 10 heteroatoms. The molecule has 1 aliphatic rings. The van der Waals surface area contributed by atoms with Crippen molar-refractivity contribution in [3.05, 3.63) is 12.2 Å². The predicted octanol–water partition coefficient (Wildman–Crippen LogP) is 1.57. The summed E-state index contributed by atoms with van der Waals surface area (Å²) in [5, 5.41) is 0. The summed E-state index contributed by atoms with van der Waals surface area (Å²) in [5.74, 6) is -0.778. The first kappa shape index (κ1) is 28.6. The average Bonchev–Trinajstić information content (AvgIpc) is 2.97. The van der Waals surface area contributed by atoms with E-state index in [0.29, 0.717) is 31.3 Å². The van der Waals surface area contributed by atoms with E-state index in [2.05, 4.69) is 11.0 Å². The van der Waals surface area contributed by atoms with Gasteiger partial charge >= 0.3 is 0 Å². The lowest BCUT2D eigenvalue weighted by atomic mass is 10.2. The summed E-state index contributed by atoms with van der Waals surface area (Å²) < 4.78 is 0. The fourth-order valence-electron chi connectivity index (χ4n) is 3.43. The van der Waals surface area contributed by atoms with Crippen LogP contribution in [0.15, 0.2) is 12.2 Å². The van der Waals surface area contributed by atoms with Gasteiger partial charge in [-0.25, -0.2) is 11.0 Å². The number of nitrogens with one attached hydrogen (secondary N) is 2. The molecule has 1 saturated heterocycles. The molecule has 0 aromatic heterocycles. The zero-order valence-corrected chi connectivity index (χ0v) is 20.9. The van der Waals surface area contributed by atoms with Gasteiger partial charge in [0, 0.05) is 44.1 Å². The Labute approximate surface area is 196 Å². The summed E-state index contributed by atoms with van der Waals surface area (Å²) >= 11 is 0. The number of hydrogen-bond donors (Lipinski definition) is 2. The number of hydroxylamine groups is 2. The molecule has 0 bridgehead atoms. The molecule has 1 fully saturated rings. The number of likely N-dealkylation sites (tertiary alicyclic amines) is 1. The molecule has 0 spiro atoms. The SMILES string of the molecule is CC(C)CN(C(=O)CONC(=O)/C=C/CC(=O)NOC1CC(C)N(CC(C)C)C1=O)C(C)C. The van der Waals surface area contributed by atoms with Crippen molar-refractivity contribution in [2.75, 3.05) is 19.7 Å². The molecule has 0 aromatic carbocycles. The van der Waals surface area contributed by atoms with Crippen molar-refractivity contribution >= 4 is 23.6 Å². The molecular weight excluding hydrogens is 428 g/mol. The Hall–Kier alpha value is -2.46. The van der Waals surface area contributed by atoms with Crippen molar-refractivity contribution in [3.63, 3.8) is 0 Å². The van der Waals surface area contributed by atoms with Crippen LogP contribution in [0.2, 0.25) is 0 Å². The van der Waals surface area contributed by atoms with Gasteiger partial charge in [0.1, 0.15) is 0 Å². The van der Waals surface area contributed by atoms with Crippen LogP contribution in [0.3, 0.4) is 0 Å². The van der Waals surface area contributed by atoms with Gasteiger partial charge in [0.2, 0.25) is 5.91 Å². The zero-order chi connectivity index (χ0) is 25.1. The molecule has 2 atom stereocenters. The molecule has 1 rings (SSSR count). The Balaban J connectivity index is 2.32. The van der Waals surface area contributed by atoms with Crippen LogP contribution in [-0.2, 0) is 28.9 Å². The highest BCUT2D eigenvalue weighted by molar-refractivity contribution is 5.88. The third-order valence-electron chi connectivity index (χ3n) is 4.97. The van der Waals surface area contributed by atoms with Crippen LogP contribution in [0.25, 0.3) is 0 Å². The van der Waals surface area contributed by atoms with Crippen LogP contribution in [0.1, 0.15) is 61.3 Å². The van der Waals surface area contributed by atoms with E-state index in [1.165, 1.54) is 6.08 Å². The number of nitrogens with zero attached hydrogens (tertiary/aromatic N) is 2. The van der Waals surface area contributed by atoms with Gasteiger partial charge in [-0.2, -0.15) is 0 Å². The Morgan fingerprint density at radius 3 is 2.36 bits per heavy atom. The second-order valence-corrected chi connectivity index (χ2v) is 9.50. The number of carbonyl (C=O) groups excluding carboxylic acids is 4. The monoisotopic (exact) mass is 468 g/mol. The van der Waals surface area contributed by atoms with Crippen molar-refractivity contribution in [3.8, 4) is 0 Å². The maximum Gasteiger partial charge on any atom is 0.267 e. The van der Waals surface area contributed by atoms with E-state index in [1.54, 1.807) is 9.80 Å². The number of hydrogen-bond acceptors (Lipinski definition) is 6. The van der Waals surface area contributed by atoms with Gasteiger partial charge in [0.15, 0.2) is 12.7 Å². The second-order valence-electron chi connectivity index (χ2n) is 9.50. The third kappa shape index (κ3) is 10.3. The molecule has 1 heterocycles. The van der Waals surface area contributed by atoms with Gasteiger partial charge in [-0.15, -0.1) is 0 Å². The van der Waals surface area contributed by atoms with E-state index in [0.717, 1.165) is 6.08 Å².